The number of hydrogen-bond donors (Lipinski definition) is 6. The highest BCUT2D eigenvalue weighted by atomic mass is 32.1. The largest absolute Gasteiger partial charge is 0.330 e. The van der Waals surface area contributed by atoms with Crippen LogP contribution in [0.1, 0.15) is 290 Å². The van der Waals surface area contributed by atoms with E-state index < -0.39 is 0 Å². The van der Waals surface area contributed by atoms with Crippen LogP contribution < -0.4 is 17.2 Å². The molecule has 0 aliphatic carbocycles. The fourth-order valence-electron chi connectivity index (χ4n) is 7.36. The molecule has 1 aromatic rings. The predicted molar refractivity (Wildman–Crippen MR) is 280 cm³/mol. The summed E-state index contributed by atoms with van der Waals surface area (Å²) in [5.41, 5.74) is 16.4. The minimum Gasteiger partial charge on any atom is -0.330 e. The molecule has 6 nitrogen and oxygen atoms in total. The summed E-state index contributed by atoms with van der Waals surface area (Å²) >= 11 is 11.6. The third-order valence-electron chi connectivity index (χ3n) is 11.3. The van der Waals surface area contributed by atoms with Crippen molar-refractivity contribution in [1.29, 1.82) is 0 Å². The monoisotopic (exact) mass is 901 g/mol. The first-order valence-electron chi connectivity index (χ1n) is 26.4. The van der Waals surface area contributed by atoms with Crippen LogP contribution in [0.2, 0.25) is 0 Å². The Balaban J connectivity index is -0.000000737. The molecular formula is C51H108N6S3. The second kappa shape index (κ2) is 61.0. The van der Waals surface area contributed by atoms with Crippen molar-refractivity contribution < 1.29 is 0 Å². The first-order valence-corrected chi connectivity index (χ1v) is 27.7. The molecule has 60 heavy (non-hydrogen) atoms. The summed E-state index contributed by atoms with van der Waals surface area (Å²) in [6.07, 6.45) is 59.6. The van der Waals surface area contributed by atoms with Crippen molar-refractivity contribution in [1.82, 2.24) is 15.0 Å². The Kier molecular flexibility index (Phi) is 65.3. The van der Waals surface area contributed by atoms with Crippen LogP contribution in [-0.4, -0.2) is 34.6 Å². The molecule has 0 atom stereocenters. The van der Waals surface area contributed by atoms with E-state index in [-0.39, 0.29) is 0 Å². The molecule has 0 aliphatic heterocycles. The van der Waals surface area contributed by atoms with E-state index in [1.54, 1.807) is 0 Å². The lowest BCUT2D eigenvalue weighted by Gasteiger charge is -2.02. The molecule has 1 rings (SSSR count). The number of aromatic nitrogens is 3. The standard InChI is InChI=1S/3C16H35N.C3H3N3S3/c3*1-2-3-4-5-6-7-8-9-10-11-12-13-14-15-16-17;7-1-4-2(8)6-3(9)5-1/h3*2-17H2,1H3;(H3,4,5,6,7,8,9). The van der Waals surface area contributed by atoms with Gasteiger partial charge in [0.25, 0.3) is 0 Å². The summed E-state index contributed by atoms with van der Waals surface area (Å²) in [5, 5.41) is 1.00. The molecule has 0 fully saturated rings. The van der Waals surface area contributed by atoms with Crippen LogP contribution >= 0.6 is 37.9 Å². The van der Waals surface area contributed by atoms with Gasteiger partial charge in [-0.25, -0.2) is 0 Å². The highest BCUT2D eigenvalue weighted by molar-refractivity contribution is 7.81. The molecule has 0 amide bonds. The minimum atomic E-state index is 0.333. The van der Waals surface area contributed by atoms with E-state index in [4.69, 9.17) is 17.2 Å². The topological polar surface area (TPSA) is 117 Å². The fourth-order valence-corrected chi connectivity index (χ4v) is 8.16. The smallest absolute Gasteiger partial charge is 0.189 e. The summed E-state index contributed by atoms with van der Waals surface area (Å²) in [6.45, 7) is 9.47. The Morgan fingerprint density at radius 3 is 0.467 bits per heavy atom. The molecule has 6 N–H and O–H groups in total. The Morgan fingerprint density at radius 1 is 0.233 bits per heavy atom. The van der Waals surface area contributed by atoms with Crippen molar-refractivity contribution in [2.45, 2.75) is 306 Å². The van der Waals surface area contributed by atoms with Crippen molar-refractivity contribution in [3.8, 4) is 0 Å². The average Bonchev–Trinajstić information content (AvgIpc) is 3.23. The van der Waals surface area contributed by atoms with Gasteiger partial charge in [-0.05, 0) is 38.9 Å². The maximum atomic E-state index is 5.47. The van der Waals surface area contributed by atoms with E-state index in [1.165, 1.54) is 270 Å². The lowest BCUT2D eigenvalue weighted by Crippen LogP contribution is -1.97. The van der Waals surface area contributed by atoms with Gasteiger partial charge in [-0.2, -0.15) is 15.0 Å². The molecule has 0 saturated heterocycles. The predicted octanol–water partition coefficient (Wildman–Crippen LogP) is 17.0. The van der Waals surface area contributed by atoms with Crippen LogP contribution in [0.25, 0.3) is 0 Å². The third kappa shape index (κ3) is 64.6. The molecule has 0 saturated carbocycles. The minimum absolute atomic E-state index is 0.333. The Hall–Kier alpha value is -0.0600. The summed E-state index contributed by atoms with van der Waals surface area (Å²) in [7, 11) is 0. The first-order chi connectivity index (χ1) is 29.4. The van der Waals surface area contributed by atoms with Crippen molar-refractivity contribution in [2.75, 3.05) is 19.6 Å². The van der Waals surface area contributed by atoms with Gasteiger partial charge in [0.1, 0.15) is 0 Å². The zero-order valence-electron chi connectivity index (χ0n) is 40.7. The van der Waals surface area contributed by atoms with Gasteiger partial charge in [0.2, 0.25) is 0 Å². The Labute approximate surface area is 393 Å². The Bertz CT molecular complexity index is 717. The van der Waals surface area contributed by atoms with E-state index in [0.29, 0.717) is 15.5 Å². The number of thiol groups is 3. The van der Waals surface area contributed by atoms with Crippen LogP contribution in [0, 0.1) is 0 Å². The van der Waals surface area contributed by atoms with Crippen molar-refractivity contribution in [2.24, 2.45) is 17.2 Å². The zero-order valence-corrected chi connectivity index (χ0v) is 43.4. The second-order valence-corrected chi connectivity index (χ2v) is 18.6. The van der Waals surface area contributed by atoms with Gasteiger partial charge < -0.3 is 17.2 Å². The first kappa shape index (κ1) is 64.2. The molecule has 1 heterocycles. The van der Waals surface area contributed by atoms with Crippen LogP contribution in [0.15, 0.2) is 15.5 Å². The van der Waals surface area contributed by atoms with E-state index in [2.05, 4.69) is 73.6 Å². The maximum Gasteiger partial charge on any atom is 0.189 e. The van der Waals surface area contributed by atoms with Gasteiger partial charge >= 0.3 is 0 Å². The van der Waals surface area contributed by atoms with Gasteiger partial charge in [0, 0.05) is 0 Å². The molecule has 360 valence electrons. The lowest BCUT2D eigenvalue weighted by molar-refractivity contribution is 0.536. The number of unbranched alkanes of at least 4 members (excludes halogenated alkanes) is 39. The van der Waals surface area contributed by atoms with Crippen LogP contribution in [-0.2, 0) is 0 Å². The van der Waals surface area contributed by atoms with Gasteiger partial charge in [0.15, 0.2) is 15.5 Å². The maximum absolute atomic E-state index is 5.47. The van der Waals surface area contributed by atoms with Crippen LogP contribution in [0.4, 0.5) is 0 Å². The van der Waals surface area contributed by atoms with Gasteiger partial charge in [-0.1, -0.05) is 271 Å². The number of rotatable bonds is 42. The molecule has 0 aliphatic rings. The Morgan fingerprint density at radius 2 is 0.350 bits per heavy atom. The molecule has 9 heteroatoms. The molecule has 0 radical (unpaired) electrons. The lowest BCUT2D eigenvalue weighted by atomic mass is 10.0. The van der Waals surface area contributed by atoms with E-state index >= 15 is 0 Å². The average molecular weight is 902 g/mol. The van der Waals surface area contributed by atoms with Crippen molar-refractivity contribution >= 4 is 37.9 Å². The molecule has 0 spiro atoms. The highest BCUT2D eigenvalue weighted by Crippen LogP contribution is 2.15. The number of nitrogens with zero attached hydrogens (tertiary/aromatic N) is 3. The quantitative estimate of drug-likeness (QED) is 0.0288. The third-order valence-corrected chi connectivity index (χ3v) is 11.9. The normalized spacial score (nSPS) is 10.8. The summed E-state index contributed by atoms with van der Waals surface area (Å²) in [6, 6.07) is 0. The molecule has 0 aromatic carbocycles. The summed E-state index contributed by atoms with van der Waals surface area (Å²) < 4.78 is 0. The van der Waals surface area contributed by atoms with Crippen LogP contribution in [0.5, 0.6) is 0 Å². The molecular weight excluding hydrogens is 793 g/mol. The zero-order chi connectivity index (χ0) is 44.7. The molecule has 0 unspecified atom stereocenters. The summed E-state index contributed by atoms with van der Waals surface area (Å²) in [4.78, 5) is 11.1. The van der Waals surface area contributed by atoms with E-state index in [9.17, 15) is 0 Å². The van der Waals surface area contributed by atoms with Crippen molar-refractivity contribution in [3.05, 3.63) is 0 Å². The van der Waals surface area contributed by atoms with Crippen LogP contribution in [0.3, 0.4) is 0 Å². The molecule has 0 bridgehead atoms. The van der Waals surface area contributed by atoms with Gasteiger partial charge in [-0.15, -0.1) is 37.9 Å². The molecule has 1 aromatic heterocycles. The van der Waals surface area contributed by atoms with E-state index in [1.807, 2.05) is 0 Å². The second-order valence-electron chi connectivity index (χ2n) is 17.4. The fraction of sp³-hybridized carbons (Fsp3) is 0.941. The van der Waals surface area contributed by atoms with Crippen molar-refractivity contribution in [3.63, 3.8) is 0 Å². The van der Waals surface area contributed by atoms with E-state index in [0.717, 1.165) is 19.6 Å². The SMILES string of the molecule is CCCCCCCCCCCCCCCCN.CCCCCCCCCCCCCCCCN.CCCCCCCCCCCCCCCCN.Sc1nc(S)nc(S)n1. The number of hydrogen-bond acceptors (Lipinski definition) is 9. The highest BCUT2D eigenvalue weighted by Gasteiger charge is 1.97. The summed E-state index contributed by atoms with van der Waals surface area (Å²) in [5.74, 6) is 0. The van der Waals surface area contributed by atoms with Gasteiger partial charge in [-0.3, -0.25) is 0 Å². The van der Waals surface area contributed by atoms with Gasteiger partial charge in [0.05, 0.1) is 0 Å². The number of nitrogens with two attached hydrogens (primary N) is 3.